The fourth-order valence-electron chi connectivity index (χ4n) is 3.61. The molecule has 1 aromatic rings. The smallest absolute Gasteiger partial charge is 0.123 e. The molecule has 3 atom stereocenters. The van der Waals surface area contributed by atoms with Crippen molar-refractivity contribution < 1.29 is 9.50 Å². The highest BCUT2D eigenvalue weighted by Crippen LogP contribution is 2.39. The molecule has 0 radical (unpaired) electrons. The van der Waals surface area contributed by atoms with E-state index in [-0.39, 0.29) is 5.82 Å². The van der Waals surface area contributed by atoms with Crippen LogP contribution in [0.4, 0.5) is 4.39 Å². The lowest BCUT2D eigenvalue weighted by atomic mass is 9.68. The van der Waals surface area contributed by atoms with Crippen molar-refractivity contribution in [2.45, 2.75) is 52.1 Å². The van der Waals surface area contributed by atoms with E-state index in [2.05, 4.69) is 13.8 Å². The highest BCUT2D eigenvalue weighted by molar-refractivity contribution is 5.18. The van der Waals surface area contributed by atoms with Gasteiger partial charge in [0.05, 0.1) is 5.60 Å². The third-order valence-corrected chi connectivity index (χ3v) is 4.53. The van der Waals surface area contributed by atoms with Crippen molar-refractivity contribution in [2.24, 2.45) is 17.8 Å². The van der Waals surface area contributed by atoms with Crippen LogP contribution in [0.25, 0.3) is 0 Å². The van der Waals surface area contributed by atoms with Crippen molar-refractivity contribution >= 4 is 0 Å². The summed E-state index contributed by atoms with van der Waals surface area (Å²) >= 11 is 0. The summed E-state index contributed by atoms with van der Waals surface area (Å²) in [5.74, 6) is 1.50. The molecule has 0 aliphatic heterocycles. The average molecular weight is 264 g/mol. The number of hydrogen-bond donors (Lipinski definition) is 1. The molecule has 0 spiro atoms. The normalized spacial score (nSPS) is 30.9. The van der Waals surface area contributed by atoms with Gasteiger partial charge in [-0.05, 0) is 61.6 Å². The van der Waals surface area contributed by atoms with Crippen LogP contribution in [0.15, 0.2) is 24.3 Å². The van der Waals surface area contributed by atoms with Gasteiger partial charge < -0.3 is 5.11 Å². The fourth-order valence-corrected chi connectivity index (χ4v) is 3.61. The third kappa shape index (κ3) is 3.79. The summed E-state index contributed by atoms with van der Waals surface area (Å²) in [6, 6.07) is 6.49. The number of aliphatic hydroxyl groups is 1. The summed E-state index contributed by atoms with van der Waals surface area (Å²) in [6.07, 6.45) is 4.07. The molecule has 19 heavy (non-hydrogen) atoms. The monoisotopic (exact) mass is 264 g/mol. The first-order chi connectivity index (χ1) is 8.87. The second-order valence-corrected chi connectivity index (χ2v) is 6.77. The molecule has 1 aromatic carbocycles. The van der Waals surface area contributed by atoms with Gasteiger partial charge in [0.15, 0.2) is 0 Å². The molecule has 1 saturated carbocycles. The molecule has 0 heterocycles. The predicted octanol–water partition coefficient (Wildman–Crippen LogP) is 4.19. The zero-order chi connectivity index (χ0) is 14.0. The van der Waals surface area contributed by atoms with Gasteiger partial charge in [-0.25, -0.2) is 4.39 Å². The van der Waals surface area contributed by atoms with Gasteiger partial charge in [-0.15, -0.1) is 0 Å². The second kappa shape index (κ2) is 5.62. The van der Waals surface area contributed by atoms with Crippen LogP contribution in [0.3, 0.4) is 0 Å². The van der Waals surface area contributed by atoms with Gasteiger partial charge in [-0.1, -0.05) is 26.0 Å². The summed E-state index contributed by atoms with van der Waals surface area (Å²) < 4.78 is 12.9. The maximum absolute atomic E-state index is 12.9. The highest BCUT2D eigenvalue weighted by atomic mass is 19.1. The van der Waals surface area contributed by atoms with Gasteiger partial charge in [0, 0.05) is 6.42 Å². The first kappa shape index (κ1) is 14.5. The molecule has 1 aliphatic carbocycles. The van der Waals surface area contributed by atoms with E-state index in [9.17, 15) is 9.50 Å². The Bertz CT molecular complexity index is 400. The van der Waals surface area contributed by atoms with Gasteiger partial charge in [-0.3, -0.25) is 0 Å². The van der Waals surface area contributed by atoms with Crippen molar-refractivity contribution in [2.75, 3.05) is 0 Å². The van der Waals surface area contributed by atoms with Gasteiger partial charge in [0.1, 0.15) is 5.82 Å². The predicted molar refractivity (Wildman–Crippen MR) is 76.4 cm³/mol. The van der Waals surface area contributed by atoms with Gasteiger partial charge in [0.2, 0.25) is 0 Å². The Kier molecular flexibility index (Phi) is 4.29. The van der Waals surface area contributed by atoms with E-state index in [0.717, 1.165) is 18.4 Å². The Morgan fingerprint density at radius 2 is 1.63 bits per heavy atom. The lowest BCUT2D eigenvalue weighted by Gasteiger charge is -2.40. The average Bonchev–Trinajstić information content (AvgIpc) is 2.31. The van der Waals surface area contributed by atoms with Crippen LogP contribution in [0, 0.1) is 23.6 Å². The maximum atomic E-state index is 12.9. The summed E-state index contributed by atoms with van der Waals surface area (Å²) in [4.78, 5) is 0. The molecule has 1 nitrogen and oxygen atoms in total. The van der Waals surface area contributed by atoms with Crippen molar-refractivity contribution in [1.29, 1.82) is 0 Å². The molecular formula is C17H25FO. The summed E-state index contributed by atoms with van der Waals surface area (Å²) in [6.45, 7) is 6.49. The van der Waals surface area contributed by atoms with Crippen LogP contribution in [0.1, 0.15) is 45.6 Å². The van der Waals surface area contributed by atoms with E-state index in [1.165, 1.54) is 18.6 Å². The Labute approximate surface area is 115 Å². The van der Waals surface area contributed by atoms with Gasteiger partial charge >= 0.3 is 0 Å². The SMILES string of the molecule is CC1CC(C)CC(C(C)(O)Cc2ccc(F)cc2)C1. The first-order valence-corrected chi connectivity index (χ1v) is 7.33. The zero-order valence-electron chi connectivity index (χ0n) is 12.2. The summed E-state index contributed by atoms with van der Waals surface area (Å²) in [5.41, 5.74) is 0.318. The number of rotatable bonds is 3. The Hall–Kier alpha value is -0.890. The standard InChI is InChI=1S/C17H25FO/c1-12-8-13(2)10-15(9-12)17(3,19)11-14-4-6-16(18)7-5-14/h4-7,12-13,15,19H,8-11H2,1-3H3. The minimum absolute atomic E-state index is 0.219. The van der Waals surface area contributed by atoms with E-state index in [4.69, 9.17) is 0 Å². The topological polar surface area (TPSA) is 20.2 Å². The molecule has 3 unspecified atom stereocenters. The molecule has 0 bridgehead atoms. The zero-order valence-corrected chi connectivity index (χ0v) is 12.2. The van der Waals surface area contributed by atoms with Crippen molar-refractivity contribution in [3.63, 3.8) is 0 Å². The van der Waals surface area contributed by atoms with Crippen LogP contribution >= 0.6 is 0 Å². The number of hydrogen-bond acceptors (Lipinski definition) is 1. The van der Waals surface area contributed by atoms with E-state index in [1.54, 1.807) is 12.1 Å². The number of halogens is 1. The summed E-state index contributed by atoms with van der Waals surface area (Å²) in [5, 5.41) is 10.8. The number of benzene rings is 1. The second-order valence-electron chi connectivity index (χ2n) is 6.77. The Morgan fingerprint density at radius 3 is 2.16 bits per heavy atom. The molecule has 2 heteroatoms. The third-order valence-electron chi connectivity index (χ3n) is 4.53. The van der Waals surface area contributed by atoms with Crippen LogP contribution in [-0.2, 0) is 6.42 Å². The van der Waals surface area contributed by atoms with E-state index >= 15 is 0 Å². The summed E-state index contributed by atoms with van der Waals surface area (Å²) in [7, 11) is 0. The van der Waals surface area contributed by atoms with E-state index in [0.29, 0.717) is 24.2 Å². The molecule has 1 aliphatic rings. The van der Waals surface area contributed by atoms with Crippen LogP contribution in [0.2, 0.25) is 0 Å². The maximum Gasteiger partial charge on any atom is 0.123 e. The fraction of sp³-hybridized carbons (Fsp3) is 0.647. The van der Waals surface area contributed by atoms with Crippen LogP contribution < -0.4 is 0 Å². The van der Waals surface area contributed by atoms with Gasteiger partial charge in [0.25, 0.3) is 0 Å². The lowest BCUT2D eigenvalue weighted by molar-refractivity contribution is -0.0331. The molecule has 0 aromatic heterocycles. The van der Waals surface area contributed by atoms with Crippen molar-refractivity contribution in [1.82, 2.24) is 0 Å². The molecule has 2 rings (SSSR count). The Morgan fingerprint density at radius 1 is 1.11 bits per heavy atom. The largest absolute Gasteiger partial charge is 0.390 e. The van der Waals surface area contributed by atoms with Crippen molar-refractivity contribution in [3.8, 4) is 0 Å². The van der Waals surface area contributed by atoms with Crippen molar-refractivity contribution in [3.05, 3.63) is 35.6 Å². The van der Waals surface area contributed by atoms with E-state index < -0.39 is 5.60 Å². The molecule has 1 N–H and O–H groups in total. The molecular weight excluding hydrogens is 239 g/mol. The molecule has 1 fully saturated rings. The minimum atomic E-state index is -0.694. The first-order valence-electron chi connectivity index (χ1n) is 7.33. The van der Waals surface area contributed by atoms with Crippen LogP contribution in [-0.4, -0.2) is 10.7 Å². The quantitative estimate of drug-likeness (QED) is 0.868. The minimum Gasteiger partial charge on any atom is -0.390 e. The molecule has 0 amide bonds. The van der Waals surface area contributed by atoms with Gasteiger partial charge in [-0.2, -0.15) is 0 Å². The molecule has 106 valence electrons. The highest BCUT2D eigenvalue weighted by Gasteiger charge is 2.36. The van der Waals surface area contributed by atoms with E-state index in [1.807, 2.05) is 6.92 Å². The molecule has 0 saturated heterocycles. The lowest BCUT2D eigenvalue weighted by Crippen LogP contribution is -2.41. The Balaban J connectivity index is 2.06. The van der Waals surface area contributed by atoms with Crippen LogP contribution in [0.5, 0.6) is 0 Å².